The summed E-state index contributed by atoms with van der Waals surface area (Å²) in [6.07, 6.45) is 6.01. The van der Waals surface area contributed by atoms with Gasteiger partial charge in [-0.05, 0) is 0 Å². The second-order valence-corrected chi connectivity index (χ2v) is 2.11. The van der Waals surface area contributed by atoms with Crippen LogP contribution in [0.3, 0.4) is 0 Å². The van der Waals surface area contributed by atoms with Gasteiger partial charge in [0.05, 0.1) is 7.05 Å². The lowest BCUT2D eigenvalue weighted by Crippen LogP contribution is -2.24. The highest BCUT2D eigenvalue weighted by molar-refractivity contribution is 4.65. The highest BCUT2D eigenvalue weighted by Crippen LogP contribution is 1.79. The Bertz CT molecular complexity index is 180. The van der Waals surface area contributed by atoms with Crippen molar-refractivity contribution in [3.05, 3.63) is 18.7 Å². The summed E-state index contributed by atoms with van der Waals surface area (Å²) in [5.41, 5.74) is 5.34. The molecule has 0 fully saturated rings. The van der Waals surface area contributed by atoms with Crippen molar-refractivity contribution >= 4 is 0 Å². The molecule has 0 aliphatic heterocycles. The van der Waals surface area contributed by atoms with Gasteiger partial charge in [-0.25, -0.2) is 9.13 Å². The van der Waals surface area contributed by atoms with Gasteiger partial charge < -0.3 is 5.73 Å². The normalized spacial score (nSPS) is 10.0. The van der Waals surface area contributed by atoms with E-state index in [1.807, 2.05) is 30.3 Å². The first-order chi connectivity index (χ1) is 4.33. The van der Waals surface area contributed by atoms with Crippen molar-refractivity contribution in [1.29, 1.82) is 0 Å². The van der Waals surface area contributed by atoms with Gasteiger partial charge in [0, 0.05) is 6.54 Å². The van der Waals surface area contributed by atoms with Crippen molar-refractivity contribution in [2.24, 2.45) is 12.8 Å². The molecule has 0 aliphatic carbocycles. The van der Waals surface area contributed by atoms with E-state index in [9.17, 15) is 0 Å². The summed E-state index contributed by atoms with van der Waals surface area (Å²) in [4.78, 5) is 0. The third-order valence-corrected chi connectivity index (χ3v) is 1.21. The van der Waals surface area contributed by atoms with E-state index in [-0.39, 0.29) is 0 Å². The van der Waals surface area contributed by atoms with E-state index < -0.39 is 0 Å². The molecule has 9 heavy (non-hydrogen) atoms. The molecule has 0 atom stereocenters. The van der Waals surface area contributed by atoms with Crippen LogP contribution in [0, 0.1) is 0 Å². The number of rotatable bonds is 2. The lowest BCUT2D eigenvalue weighted by atomic mass is 10.6. The first-order valence-corrected chi connectivity index (χ1v) is 3.04. The molecule has 1 aromatic heterocycles. The number of aromatic nitrogens is 2. The number of aryl methyl sites for hydroxylation is 1. The number of hydrogen-bond acceptors (Lipinski definition) is 1. The van der Waals surface area contributed by atoms with Gasteiger partial charge in [-0.2, -0.15) is 0 Å². The summed E-state index contributed by atoms with van der Waals surface area (Å²) in [5.74, 6) is 0. The average Bonchev–Trinajstić information content (AvgIpc) is 2.17. The Balaban J connectivity index is 2.61. The van der Waals surface area contributed by atoms with Crippen LogP contribution in [0.5, 0.6) is 0 Å². The van der Waals surface area contributed by atoms with Gasteiger partial charge in [0.25, 0.3) is 0 Å². The average molecular weight is 126 g/mol. The Morgan fingerprint density at radius 3 is 2.89 bits per heavy atom. The summed E-state index contributed by atoms with van der Waals surface area (Å²) in [6.45, 7) is 1.61. The van der Waals surface area contributed by atoms with Crippen LogP contribution >= 0.6 is 0 Å². The van der Waals surface area contributed by atoms with E-state index in [2.05, 4.69) is 4.57 Å². The highest BCUT2D eigenvalue weighted by Gasteiger charge is 1.95. The van der Waals surface area contributed by atoms with Crippen molar-refractivity contribution in [3.63, 3.8) is 0 Å². The lowest BCUT2D eigenvalue weighted by Gasteiger charge is -1.87. The quantitative estimate of drug-likeness (QED) is 0.521. The first-order valence-electron chi connectivity index (χ1n) is 3.04. The number of hydrogen-bond donors (Lipinski definition) is 1. The Labute approximate surface area is 54.7 Å². The molecule has 0 saturated carbocycles. The van der Waals surface area contributed by atoms with Gasteiger partial charge in [-0.3, -0.25) is 0 Å². The minimum Gasteiger partial charge on any atom is -0.327 e. The predicted molar refractivity (Wildman–Crippen MR) is 34.7 cm³/mol. The van der Waals surface area contributed by atoms with Crippen LogP contribution in [-0.4, -0.2) is 11.1 Å². The van der Waals surface area contributed by atoms with Gasteiger partial charge in [0.1, 0.15) is 18.9 Å². The van der Waals surface area contributed by atoms with E-state index in [4.69, 9.17) is 5.73 Å². The summed E-state index contributed by atoms with van der Waals surface area (Å²) >= 11 is 0. The molecule has 0 aromatic carbocycles. The summed E-state index contributed by atoms with van der Waals surface area (Å²) in [6, 6.07) is 0. The molecule has 0 bridgehead atoms. The summed E-state index contributed by atoms with van der Waals surface area (Å²) in [7, 11) is 1.99. The van der Waals surface area contributed by atoms with Gasteiger partial charge in [0.15, 0.2) is 0 Å². The molecule has 1 rings (SSSR count). The molecule has 0 amide bonds. The Hall–Kier alpha value is -0.830. The maximum atomic E-state index is 5.34. The van der Waals surface area contributed by atoms with Crippen molar-refractivity contribution < 1.29 is 4.57 Å². The highest BCUT2D eigenvalue weighted by atomic mass is 15.1. The van der Waals surface area contributed by atoms with Gasteiger partial charge >= 0.3 is 0 Å². The lowest BCUT2D eigenvalue weighted by molar-refractivity contribution is -0.671. The summed E-state index contributed by atoms with van der Waals surface area (Å²) < 4.78 is 4.05. The molecular formula is C6H12N3+. The fraction of sp³-hybridized carbons (Fsp3) is 0.500. The molecule has 3 heteroatoms. The van der Waals surface area contributed by atoms with E-state index in [0.717, 1.165) is 6.54 Å². The third kappa shape index (κ3) is 1.54. The van der Waals surface area contributed by atoms with E-state index in [1.165, 1.54) is 0 Å². The van der Waals surface area contributed by atoms with Crippen molar-refractivity contribution in [3.8, 4) is 0 Å². The molecule has 50 valence electrons. The Morgan fingerprint density at radius 2 is 2.44 bits per heavy atom. The van der Waals surface area contributed by atoms with Gasteiger partial charge in [0.2, 0.25) is 6.33 Å². The number of imidazole rings is 1. The monoisotopic (exact) mass is 126 g/mol. The topological polar surface area (TPSA) is 34.8 Å². The largest absolute Gasteiger partial charge is 0.327 e. The standard InChI is InChI=1S/C6H12N3/c1-8-4-5-9(6-8)3-2-7/h4-6H,2-3,7H2,1H3/q+1. The van der Waals surface area contributed by atoms with Gasteiger partial charge in [-0.15, -0.1) is 0 Å². The van der Waals surface area contributed by atoms with E-state index in [0.29, 0.717) is 6.54 Å². The molecule has 0 radical (unpaired) electrons. The minimum atomic E-state index is 0.703. The second kappa shape index (κ2) is 2.64. The fourth-order valence-corrected chi connectivity index (χ4v) is 0.783. The molecular weight excluding hydrogens is 114 g/mol. The van der Waals surface area contributed by atoms with E-state index in [1.54, 1.807) is 0 Å². The number of nitrogens with two attached hydrogens (primary N) is 1. The molecule has 0 saturated heterocycles. The molecule has 1 heterocycles. The smallest absolute Gasteiger partial charge is 0.243 e. The maximum absolute atomic E-state index is 5.34. The Morgan fingerprint density at radius 1 is 1.67 bits per heavy atom. The van der Waals surface area contributed by atoms with Crippen LogP contribution in [0.25, 0.3) is 0 Å². The molecule has 0 unspecified atom stereocenters. The molecule has 3 nitrogen and oxygen atoms in total. The van der Waals surface area contributed by atoms with Crippen LogP contribution in [-0.2, 0) is 13.6 Å². The van der Waals surface area contributed by atoms with Crippen molar-refractivity contribution in [2.75, 3.05) is 6.54 Å². The van der Waals surface area contributed by atoms with Crippen LogP contribution < -0.4 is 10.3 Å². The molecule has 1 aromatic rings. The first kappa shape index (κ1) is 6.29. The van der Waals surface area contributed by atoms with Crippen LogP contribution in [0.1, 0.15) is 0 Å². The predicted octanol–water partition coefficient (Wildman–Crippen LogP) is -0.729. The SMILES string of the molecule is C[n+]1ccn(CCN)c1. The maximum Gasteiger partial charge on any atom is 0.243 e. The Kier molecular flexibility index (Phi) is 1.85. The molecule has 2 N–H and O–H groups in total. The number of nitrogens with zero attached hydrogens (tertiary/aromatic N) is 2. The van der Waals surface area contributed by atoms with Crippen molar-refractivity contribution in [2.45, 2.75) is 6.54 Å². The summed E-state index contributed by atoms with van der Waals surface area (Å²) in [5, 5.41) is 0. The van der Waals surface area contributed by atoms with Crippen LogP contribution in [0.4, 0.5) is 0 Å². The fourth-order valence-electron chi connectivity index (χ4n) is 0.783. The van der Waals surface area contributed by atoms with Crippen LogP contribution in [0.2, 0.25) is 0 Å². The van der Waals surface area contributed by atoms with Crippen LogP contribution in [0.15, 0.2) is 18.7 Å². The zero-order valence-electron chi connectivity index (χ0n) is 5.62. The van der Waals surface area contributed by atoms with Gasteiger partial charge in [-0.1, -0.05) is 0 Å². The third-order valence-electron chi connectivity index (χ3n) is 1.21. The minimum absolute atomic E-state index is 0.703. The zero-order valence-corrected chi connectivity index (χ0v) is 5.62. The van der Waals surface area contributed by atoms with Crippen molar-refractivity contribution in [1.82, 2.24) is 4.57 Å². The molecule has 0 spiro atoms. The second-order valence-electron chi connectivity index (χ2n) is 2.11. The zero-order chi connectivity index (χ0) is 6.69. The molecule has 0 aliphatic rings. The van der Waals surface area contributed by atoms with E-state index >= 15 is 0 Å².